The molecule has 0 bridgehead atoms. The maximum Gasteiger partial charge on any atom is 0.144 e. The Hall–Kier alpha value is -2.62. The SMILES string of the molecule is Cc1cc(-c2cc([Si](C)(C)C)c3cc(Cl)ccc3n2)c2oc3ccccc3c2c1. The second-order valence-electron chi connectivity index (χ2n) is 8.75. The van der Waals surface area contributed by atoms with Crippen LogP contribution in [0.5, 0.6) is 0 Å². The largest absolute Gasteiger partial charge is 0.455 e. The normalized spacial score (nSPS) is 12.3. The molecule has 29 heavy (non-hydrogen) atoms. The highest BCUT2D eigenvalue weighted by Crippen LogP contribution is 2.36. The maximum atomic E-state index is 6.31. The Kier molecular flexibility index (Phi) is 4.09. The second kappa shape index (κ2) is 6.44. The van der Waals surface area contributed by atoms with Gasteiger partial charge >= 0.3 is 0 Å². The van der Waals surface area contributed by atoms with Crippen LogP contribution in [0.1, 0.15) is 5.56 Å². The first kappa shape index (κ1) is 18.4. The van der Waals surface area contributed by atoms with Crippen LogP contribution >= 0.6 is 11.6 Å². The molecule has 0 atom stereocenters. The predicted octanol–water partition coefficient (Wildman–Crippen LogP) is 7.31. The molecule has 0 fully saturated rings. The molecule has 0 saturated carbocycles. The molecule has 0 aliphatic carbocycles. The van der Waals surface area contributed by atoms with Gasteiger partial charge < -0.3 is 4.42 Å². The number of aromatic nitrogens is 1. The average molecular weight is 416 g/mol. The fourth-order valence-electron chi connectivity index (χ4n) is 4.12. The number of halogens is 1. The van der Waals surface area contributed by atoms with E-state index in [0.29, 0.717) is 0 Å². The zero-order valence-corrected chi connectivity index (χ0v) is 18.8. The summed E-state index contributed by atoms with van der Waals surface area (Å²) in [6.07, 6.45) is 0. The molecule has 0 unspecified atom stereocenters. The van der Waals surface area contributed by atoms with Gasteiger partial charge in [-0.25, -0.2) is 4.98 Å². The van der Waals surface area contributed by atoms with Crippen LogP contribution in [0.2, 0.25) is 24.7 Å². The van der Waals surface area contributed by atoms with Gasteiger partial charge in [0.1, 0.15) is 11.2 Å². The average Bonchev–Trinajstić information content (AvgIpc) is 3.04. The Balaban J connectivity index is 1.89. The Morgan fingerprint density at radius 3 is 2.45 bits per heavy atom. The van der Waals surface area contributed by atoms with Crippen LogP contribution in [0.4, 0.5) is 0 Å². The third-order valence-electron chi connectivity index (χ3n) is 5.48. The van der Waals surface area contributed by atoms with Gasteiger partial charge in [-0.15, -0.1) is 0 Å². The lowest BCUT2D eigenvalue weighted by atomic mass is 10.0. The zero-order chi connectivity index (χ0) is 20.3. The fourth-order valence-corrected chi connectivity index (χ4v) is 5.87. The van der Waals surface area contributed by atoms with Crippen LogP contribution < -0.4 is 5.19 Å². The van der Waals surface area contributed by atoms with Crippen LogP contribution in [0, 0.1) is 6.92 Å². The number of rotatable bonds is 2. The van der Waals surface area contributed by atoms with E-state index in [2.05, 4.69) is 56.9 Å². The molecule has 0 spiro atoms. The van der Waals surface area contributed by atoms with Gasteiger partial charge in [0.15, 0.2) is 0 Å². The topological polar surface area (TPSA) is 26.0 Å². The molecule has 0 aliphatic rings. The highest BCUT2D eigenvalue weighted by molar-refractivity contribution is 6.90. The van der Waals surface area contributed by atoms with E-state index in [1.54, 1.807) is 0 Å². The van der Waals surface area contributed by atoms with Crippen molar-refractivity contribution >= 4 is 57.7 Å². The standard InChI is InChI=1S/C25H22ClNOSi/c1-15-11-18-17-7-5-6-8-23(17)28-25(18)20(12-15)22-14-24(29(2,3)4)19-13-16(26)9-10-21(19)27-22/h5-14H,1-4H3. The smallest absolute Gasteiger partial charge is 0.144 e. The van der Waals surface area contributed by atoms with Crippen molar-refractivity contribution < 1.29 is 4.42 Å². The van der Waals surface area contributed by atoms with E-state index in [-0.39, 0.29) is 0 Å². The first-order valence-corrected chi connectivity index (χ1v) is 13.7. The van der Waals surface area contributed by atoms with Gasteiger partial charge in [0.25, 0.3) is 0 Å². The molecular weight excluding hydrogens is 394 g/mol. The van der Waals surface area contributed by atoms with Crippen molar-refractivity contribution in [2.75, 3.05) is 0 Å². The summed E-state index contributed by atoms with van der Waals surface area (Å²) < 4.78 is 6.30. The van der Waals surface area contributed by atoms with Crippen molar-refractivity contribution in [3.63, 3.8) is 0 Å². The lowest BCUT2D eigenvalue weighted by Gasteiger charge is -2.20. The molecule has 0 aliphatic heterocycles. The Morgan fingerprint density at radius 2 is 1.66 bits per heavy atom. The second-order valence-corrected chi connectivity index (χ2v) is 14.2. The monoisotopic (exact) mass is 415 g/mol. The van der Waals surface area contributed by atoms with E-state index in [0.717, 1.165) is 49.1 Å². The van der Waals surface area contributed by atoms with Crippen molar-refractivity contribution in [3.8, 4) is 11.3 Å². The molecule has 0 N–H and O–H groups in total. The van der Waals surface area contributed by atoms with E-state index in [9.17, 15) is 0 Å². The molecule has 3 aromatic carbocycles. The van der Waals surface area contributed by atoms with Gasteiger partial charge in [0.05, 0.1) is 19.3 Å². The lowest BCUT2D eigenvalue weighted by molar-refractivity contribution is 0.670. The van der Waals surface area contributed by atoms with Gasteiger partial charge in [-0.05, 0) is 60.1 Å². The quantitative estimate of drug-likeness (QED) is 0.282. The van der Waals surface area contributed by atoms with Crippen molar-refractivity contribution in [2.45, 2.75) is 26.6 Å². The summed E-state index contributed by atoms with van der Waals surface area (Å²) >= 11 is 6.31. The summed E-state index contributed by atoms with van der Waals surface area (Å²) in [4.78, 5) is 5.03. The zero-order valence-electron chi connectivity index (χ0n) is 17.0. The van der Waals surface area contributed by atoms with E-state index < -0.39 is 8.07 Å². The van der Waals surface area contributed by atoms with Gasteiger partial charge in [-0.3, -0.25) is 0 Å². The van der Waals surface area contributed by atoms with Gasteiger partial charge in [0, 0.05) is 26.7 Å². The predicted molar refractivity (Wildman–Crippen MR) is 127 cm³/mol. The van der Waals surface area contributed by atoms with E-state index >= 15 is 0 Å². The Morgan fingerprint density at radius 1 is 0.862 bits per heavy atom. The van der Waals surface area contributed by atoms with Crippen molar-refractivity contribution in [3.05, 3.63) is 71.2 Å². The summed E-state index contributed by atoms with van der Waals surface area (Å²) in [6, 6.07) is 20.8. The molecule has 2 nitrogen and oxygen atoms in total. The maximum absolute atomic E-state index is 6.31. The molecule has 144 valence electrons. The highest BCUT2D eigenvalue weighted by Gasteiger charge is 2.23. The van der Waals surface area contributed by atoms with Crippen LogP contribution in [-0.2, 0) is 0 Å². The molecule has 4 heteroatoms. The van der Waals surface area contributed by atoms with Crippen LogP contribution in [0.3, 0.4) is 0 Å². The minimum absolute atomic E-state index is 0.752. The van der Waals surface area contributed by atoms with Gasteiger partial charge in [-0.2, -0.15) is 0 Å². The number of hydrogen-bond acceptors (Lipinski definition) is 2. The molecule has 0 radical (unpaired) electrons. The van der Waals surface area contributed by atoms with E-state index in [1.165, 1.54) is 10.8 Å². The number of pyridine rings is 1. The molecule has 5 rings (SSSR count). The number of benzene rings is 3. The van der Waals surface area contributed by atoms with Gasteiger partial charge in [0.2, 0.25) is 0 Å². The van der Waals surface area contributed by atoms with E-state index in [1.807, 2.05) is 30.3 Å². The first-order valence-electron chi connectivity index (χ1n) is 9.84. The number of hydrogen-bond donors (Lipinski definition) is 0. The number of para-hydroxylation sites is 1. The molecule has 2 aromatic heterocycles. The fraction of sp³-hybridized carbons (Fsp3) is 0.160. The summed E-state index contributed by atoms with van der Waals surface area (Å²) in [6.45, 7) is 9.21. The summed E-state index contributed by atoms with van der Waals surface area (Å²) in [5.41, 5.74) is 6.01. The van der Waals surface area contributed by atoms with Crippen LogP contribution in [0.15, 0.2) is 65.1 Å². The Labute approximate surface area is 176 Å². The molecule has 0 saturated heterocycles. The van der Waals surface area contributed by atoms with Crippen LogP contribution in [0.25, 0.3) is 44.1 Å². The van der Waals surface area contributed by atoms with E-state index in [4.69, 9.17) is 21.0 Å². The third-order valence-corrected chi connectivity index (χ3v) is 7.74. The number of fused-ring (bicyclic) bond motifs is 4. The van der Waals surface area contributed by atoms with Crippen LogP contribution in [-0.4, -0.2) is 13.1 Å². The van der Waals surface area contributed by atoms with Gasteiger partial charge in [-0.1, -0.05) is 49.4 Å². The lowest BCUT2D eigenvalue weighted by Crippen LogP contribution is -2.38. The number of furan rings is 1. The Bertz CT molecular complexity index is 1410. The summed E-state index contributed by atoms with van der Waals surface area (Å²) in [5, 5.41) is 5.56. The minimum Gasteiger partial charge on any atom is -0.455 e. The highest BCUT2D eigenvalue weighted by atomic mass is 35.5. The van der Waals surface area contributed by atoms with Crippen molar-refractivity contribution in [1.29, 1.82) is 0 Å². The summed E-state index contributed by atoms with van der Waals surface area (Å²) in [7, 11) is -1.63. The van der Waals surface area contributed by atoms with Crippen molar-refractivity contribution in [1.82, 2.24) is 4.98 Å². The molecular formula is C25H22ClNOSi. The number of aryl methyl sites for hydroxylation is 1. The minimum atomic E-state index is -1.63. The first-order chi connectivity index (χ1) is 13.8. The molecule has 2 heterocycles. The third kappa shape index (κ3) is 3.05. The number of nitrogens with zero attached hydrogens (tertiary/aromatic N) is 1. The molecule has 5 aromatic rings. The summed E-state index contributed by atoms with van der Waals surface area (Å²) in [5.74, 6) is 0. The van der Waals surface area contributed by atoms with Crippen molar-refractivity contribution in [2.24, 2.45) is 0 Å². The molecule has 0 amide bonds.